The molecule has 1 aliphatic carbocycles. The quantitative estimate of drug-likeness (QED) is 0.519. The van der Waals surface area contributed by atoms with Gasteiger partial charge in [0.2, 0.25) is 5.91 Å². The van der Waals surface area contributed by atoms with Gasteiger partial charge in [-0.25, -0.2) is 0 Å². The van der Waals surface area contributed by atoms with E-state index in [1.165, 1.54) is 0 Å². The molecule has 0 atom stereocenters. The highest BCUT2D eigenvalue weighted by Crippen LogP contribution is 2.29. The molecule has 0 radical (unpaired) electrons. The minimum absolute atomic E-state index is 0.126. The van der Waals surface area contributed by atoms with Crippen molar-refractivity contribution < 1.29 is 18.4 Å². The molecule has 0 aliphatic heterocycles. The Morgan fingerprint density at radius 1 is 0.966 bits per heavy atom. The van der Waals surface area contributed by atoms with E-state index in [9.17, 15) is 4.79 Å². The summed E-state index contributed by atoms with van der Waals surface area (Å²) in [5, 5.41) is 0. The van der Waals surface area contributed by atoms with Gasteiger partial charge in [-0.1, -0.05) is 12.1 Å². The van der Waals surface area contributed by atoms with E-state index in [-0.39, 0.29) is 5.91 Å². The average Bonchev–Trinajstić information content (AvgIpc) is 3.19. The van der Waals surface area contributed by atoms with Gasteiger partial charge in [0.05, 0.1) is 39.3 Å². The molecule has 6 nitrogen and oxygen atoms in total. The van der Waals surface area contributed by atoms with E-state index in [0.29, 0.717) is 32.2 Å². The number of furan rings is 2. The van der Waals surface area contributed by atoms with Crippen LogP contribution in [0.1, 0.15) is 29.9 Å². The zero-order valence-electron chi connectivity index (χ0n) is 16.6. The Hall–Kier alpha value is -2.99. The van der Waals surface area contributed by atoms with Crippen LogP contribution < -0.4 is 4.74 Å². The van der Waals surface area contributed by atoms with Gasteiger partial charge in [-0.3, -0.25) is 9.69 Å². The van der Waals surface area contributed by atoms with Gasteiger partial charge < -0.3 is 18.5 Å². The number of benzene rings is 1. The minimum Gasteiger partial charge on any atom is -0.497 e. The lowest BCUT2D eigenvalue weighted by Gasteiger charge is -2.27. The summed E-state index contributed by atoms with van der Waals surface area (Å²) in [6, 6.07) is 15.8. The van der Waals surface area contributed by atoms with Crippen molar-refractivity contribution >= 4 is 5.91 Å². The summed E-state index contributed by atoms with van der Waals surface area (Å²) in [5.74, 6) is 2.61. The largest absolute Gasteiger partial charge is 0.497 e. The standard InChI is InChI=1S/C23H26N2O4/c1-27-20-10-6-18(7-11-20)14-25(19-8-9-19)23(26)17-24(15-21-4-2-12-28-21)16-22-5-3-13-29-22/h2-7,10-13,19H,8-9,14-17H2,1H3. The molecule has 1 amide bonds. The highest BCUT2D eigenvalue weighted by atomic mass is 16.5. The summed E-state index contributed by atoms with van der Waals surface area (Å²) in [5.41, 5.74) is 1.11. The first kappa shape index (κ1) is 19.3. The minimum atomic E-state index is 0.126. The third kappa shape index (κ3) is 5.29. The molecule has 1 saturated carbocycles. The molecule has 152 valence electrons. The lowest BCUT2D eigenvalue weighted by molar-refractivity contribution is -0.134. The molecule has 0 unspecified atom stereocenters. The highest BCUT2D eigenvalue weighted by Gasteiger charge is 2.33. The summed E-state index contributed by atoms with van der Waals surface area (Å²) in [6.45, 7) is 2.04. The lowest BCUT2D eigenvalue weighted by atomic mass is 10.2. The molecular weight excluding hydrogens is 368 g/mol. The third-order valence-electron chi connectivity index (χ3n) is 5.10. The number of nitrogens with zero attached hydrogens (tertiary/aromatic N) is 2. The van der Waals surface area contributed by atoms with Crippen molar-refractivity contribution in [2.45, 2.75) is 38.5 Å². The van der Waals surface area contributed by atoms with Gasteiger partial charge >= 0.3 is 0 Å². The monoisotopic (exact) mass is 394 g/mol. The smallest absolute Gasteiger partial charge is 0.237 e. The summed E-state index contributed by atoms with van der Waals surface area (Å²) in [7, 11) is 1.65. The number of amides is 1. The first-order valence-corrected chi connectivity index (χ1v) is 9.91. The fourth-order valence-electron chi connectivity index (χ4n) is 3.43. The average molecular weight is 394 g/mol. The zero-order valence-corrected chi connectivity index (χ0v) is 16.6. The Morgan fingerprint density at radius 3 is 2.07 bits per heavy atom. The molecule has 0 saturated heterocycles. The molecule has 1 aromatic carbocycles. The molecule has 6 heteroatoms. The van der Waals surface area contributed by atoms with Crippen LogP contribution in [0, 0.1) is 0 Å². The molecule has 1 fully saturated rings. The van der Waals surface area contributed by atoms with Crippen LogP contribution in [0.3, 0.4) is 0 Å². The van der Waals surface area contributed by atoms with E-state index >= 15 is 0 Å². The molecule has 2 heterocycles. The maximum Gasteiger partial charge on any atom is 0.237 e. The van der Waals surface area contributed by atoms with Crippen molar-refractivity contribution in [3.8, 4) is 5.75 Å². The molecule has 29 heavy (non-hydrogen) atoms. The van der Waals surface area contributed by atoms with E-state index in [1.807, 2.05) is 53.4 Å². The molecular formula is C23H26N2O4. The van der Waals surface area contributed by atoms with Crippen molar-refractivity contribution in [1.29, 1.82) is 0 Å². The Morgan fingerprint density at radius 2 is 1.59 bits per heavy atom. The second-order valence-corrected chi connectivity index (χ2v) is 7.40. The zero-order chi connectivity index (χ0) is 20.1. The Bertz CT molecular complexity index is 847. The van der Waals surface area contributed by atoms with Gasteiger partial charge in [0, 0.05) is 12.6 Å². The Kier molecular flexibility index (Phi) is 6.00. The van der Waals surface area contributed by atoms with Crippen molar-refractivity contribution in [3.05, 3.63) is 78.1 Å². The predicted octanol–water partition coefficient (Wildman–Crippen LogP) is 4.07. The van der Waals surface area contributed by atoms with Crippen LogP contribution in [-0.2, 0) is 24.4 Å². The number of ether oxygens (including phenoxy) is 1. The Labute approximate surface area is 170 Å². The number of hydrogen-bond donors (Lipinski definition) is 0. The van der Waals surface area contributed by atoms with Crippen LogP contribution >= 0.6 is 0 Å². The molecule has 3 aromatic rings. The van der Waals surface area contributed by atoms with E-state index in [0.717, 1.165) is 35.7 Å². The van der Waals surface area contributed by atoms with E-state index < -0.39 is 0 Å². The normalized spacial score (nSPS) is 13.6. The van der Waals surface area contributed by atoms with Gasteiger partial charge in [0.1, 0.15) is 17.3 Å². The van der Waals surface area contributed by atoms with Crippen LogP contribution in [0.5, 0.6) is 5.75 Å². The Balaban J connectivity index is 1.44. The maximum absolute atomic E-state index is 13.2. The molecule has 0 N–H and O–H groups in total. The number of carbonyl (C=O) groups is 1. The van der Waals surface area contributed by atoms with Crippen LogP contribution in [0.4, 0.5) is 0 Å². The summed E-state index contributed by atoms with van der Waals surface area (Å²) in [6.07, 6.45) is 5.45. The van der Waals surface area contributed by atoms with Crippen LogP contribution in [0.25, 0.3) is 0 Å². The lowest BCUT2D eigenvalue weighted by Crippen LogP contribution is -2.40. The fourth-order valence-corrected chi connectivity index (χ4v) is 3.43. The first-order valence-electron chi connectivity index (χ1n) is 9.91. The van der Waals surface area contributed by atoms with Crippen LogP contribution in [0.15, 0.2) is 69.9 Å². The molecule has 4 rings (SSSR count). The summed E-state index contributed by atoms with van der Waals surface area (Å²) >= 11 is 0. The maximum atomic E-state index is 13.2. The number of hydrogen-bond acceptors (Lipinski definition) is 5. The highest BCUT2D eigenvalue weighted by molar-refractivity contribution is 5.79. The van der Waals surface area contributed by atoms with Crippen molar-refractivity contribution in [3.63, 3.8) is 0 Å². The van der Waals surface area contributed by atoms with E-state index in [1.54, 1.807) is 19.6 Å². The van der Waals surface area contributed by atoms with Crippen LogP contribution in [-0.4, -0.2) is 35.4 Å². The number of carbonyl (C=O) groups excluding carboxylic acids is 1. The number of rotatable bonds is 10. The van der Waals surface area contributed by atoms with Gasteiger partial charge in [-0.05, 0) is 54.8 Å². The second kappa shape index (κ2) is 9.01. The number of methoxy groups -OCH3 is 1. The summed E-state index contributed by atoms with van der Waals surface area (Å²) < 4.78 is 16.2. The van der Waals surface area contributed by atoms with Gasteiger partial charge in [-0.15, -0.1) is 0 Å². The van der Waals surface area contributed by atoms with E-state index in [2.05, 4.69) is 4.90 Å². The third-order valence-corrected chi connectivity index (χ3v) is 5.10. The van der Waals surface area contributed by atoms with Crippen molar-refractivity contribution in [1.82, 2.24) is 9.80 Å². The van der Waals surface area contributed by atoms with Gasteiger partial charge in [0.25, 0.3) is 0 Å². The van der Waals surface area contributed by atoms with Gasteiger partial charge in [-0.2, -0.15) is 0 Å². The molecule has 1 aliphatic rings. The molecule has 0 bridgehead atoms. The SMILES string of the molecule is COc1ccc(CN(C(=O)CN(Cc2ccco2)Cc2ccco2)C2CC2)cc1. The van der Waals surface area contributed by atoms with Crippen molar-refractivity contribution in [2.75, 3.05) is 13.7 Å². The van der Waals surface area contributed by atoms with Gasteiger partial charge in [0.15, 0.2) is 0 Å². The topological polar surface area (TPSA) is 59.1 Å². The predicted molar refractivity (Wildman–Crippen MR) is 108 cm³/mol. The van der Waals surface area contributed by atoms with Crippen molar-refractivity contribution in [2.24, 2.45) is 0 Å². The fraction of sp³-hybridized carbons (Fsp3) is 0.348. The first-order chi connectivity index (χ1) is 14.2. The molecule has 2 aromatic heterocycles. The van der Waals surface area contributed by atoms with Crippen LogP contribution in [0.2, 0.25) is 0 Å². The second-order valence-electron chi connectivity index (χ2n) is 7.40. The molecule has 0 spiro atoms. The van der Waals surface area contributed by atoms with E-state index in [4.69, 9.17) is 13.6 Å². The summed E-state index contributed by atoms with van der Waals surface area (Å²) in [4.78, 5) is 17.3.